The number of piperidine rings is 1. The van der Waals surface area contributed by atoms with E-state index in [2.05, 4.69) is 10.6 Å². The van der Waals surface area contributed by atoms with Gasteiger partial charge in [0.05, 0.1) is 12.0 Å². The molecule has 0 aromatic heterocycles. The first-order valence-corrected chi connectivity index (χ1v) is 6.43. The first-order valence-electron chi connectivity index (χ1n) is 6.43. The summed E-state index contributed by atoms with van der Waals surface area (Å²) >= 11 is 0. The van der Waals surface area contributed by atoms with E-state index in [1.165, 1.54) is 12.1 Å². The average molecular weight is 250 g/mol. The summed E-state index contributed by atoms with van der Waals surface area (Å²) in [5.41, 5.74) is 0.925. The van der Waals surface area contributed by atoms with Gasteiger partial charge in [-0.25, -0.2) is 4.39 Å². The second-order valence-electron chi connectivity index (χ2n) is 4.83. The normalized spacial score (nSPS) is 21.3. The van der Waals surface area contributed by atoms with Gasteiger partial charge in [-0.15, -0.1) is 0 Å². The van der Waals surface area contributed by atoms with Gasteiger partial charge >= 0.3 is 0 Å². The fourth-order valence-electron chi connectivity index (χ4n) is 2.24. The number of rotatable bonds is 3. The number of benzene rings is 1. The van der Waals surface area contributed by atoms with Gasteiger partial charge in [-0.1, -0.05) is 12.1 Å². The molecule has 1 unspecified atom stereocenters. The van der Waals surface area contributed by atoms with Crippen LogP contribution in [-0.2, 0) is 4.79 Å². The van der Waals surface area contributed by atoms with Crippen LogP contribution in [0.15, 0.2) is 24.3 Å². The van der Waals surface area contributed by atoms with Crippen molar-refractivity contribution in [3.63, 3.8) is 0 Å². The van der Waals surface area contributed by atoms with Crippen molar-refractivity contribution in [3.8, 4) is 0 Å². The summed E-state index contributed by atoms with van der Waals surface area (Å²) in [5.74, 6) is -0.116. The molecule has 3 nitrogen and oxygen atoms in total. The third-order valence-corrected chi connectivity index (χ3v) is 3.40. The number of halogens is 1. The Morgan fingerprint density at radius 2 is 2.17 bits per heavy atom. The molecule has 1 aromatic carbocycles. The van der Waals surface area contributed by atoms with Crippen molar-refractivity contribution >= 4 is 5.91 Å². The van der Waals surface area contributed by atoms with Crippen LogP contribution in [0.3, 0.4) is 0 Å². The second kappa shape index (κ2) is 5.96. The fourth-order valence-corrected chi connectivity index (χ4v) is 2.24. The summed E-state index contributed by atoms with van der Waals surface area (Å²) in [7, 11) is 0. The highest BCUT2D eigenvalue weighted by atomic mass is 19.1. The maximum absolute atomic E-state index is 12.8. The van der Waals surface area contributed by atoms with Crippen LogP contribution in [0.2, 0.25) is 0 Å². The summed E-state index contributed by atoms with van der Waals surface area (Å²) in [6.07, 6.45) is 1.98. The van der Waals surface area contributed by atoms with Crippen molar-refractivity contribution in [3.05, 3.63) is 35.6 Å². The molecule has 2 N–H and O–H groups in total. The average Bonchev–Trinajstić information content (AvgIpc) is 2.40. The topological polar surface area (TPSA) is 41.1 Å². The van der Waals surface area contributed by atoms with Crippen LogP contribution in [0.25, 0.3) is 0 Å². The molecule has 1 aliphatic rings. The Bertz CT molecular complexity index is 399. The van der Waals surface area contributed by atoms with Gasteiger partial charge < -0.3 is 10.6 Å². The summed E-state index contributed by atoms with van der Waals surface area (Å²) in [6.45, 7) is 3.67. The number of hydrogen-bond donors (Lipinski definition) is 2. The maximum atomic E-state index is 12.8. The van der Waals surface area contributed by atoms with E-state index in [4.69, 9.17) is 0 Å². The van der Waals surface area contributed by atoms with E-state index in [1.807, 2.05) is 6.92 Å². The molecule has 1 fully saturated rings. The largest absolute Gasteiger partial charge is 0.349 e. The van der Waals surface area contributed by atoms with Crippen LogP contribution in [-0.4, -0.2) is 19.0 Å². The quantitative estimate of drug-likeness (QED) is 0.861. The summed E-state index contributed by atoms with van der Waals surface area (Å²) in [4.78, 5) is 12.0. The van der Waals surface area contributed by atoms with Crippen LogP contribution in [0, 0.1) is 11.7 Å². The van der Waals surface area contributed by atoms with Crippen LogP contribution in [0.5, 0.6) is 0 Å². The molecule has 1 saturated heterocycles. The number of amides is 1. The summed E-state index contributed by atoms with van der Waals surface area (Å²) < 4.78 is 12.8. The van der Waals surface area contributed by atoms with E-state index in [-0.39, 0.29) is 23.7 Å². The Labute approximate surface area is 107 Å². The maximum Gasteiger partial charge on any atom is 0.224 e. The molecule has 1 aliphatic heterocycles. The highest BCUT2D eigenvalue weighted by Crippen LogP contribution is 2.16. The lowest BCUT2D eigenvalue weighted by atomic mass is 9.98. The number of nitrogens with one attached hydrogen (secondary N) is 2. The van der Waals surface area contributed by atoms with E-state index >= 15 is 0 Å². The van der Waals surface area contributed by atoms with Crippen molar-refractivity contribution in [1.29, 1.82) is 0 Å². The van der Waals surface area contributed by atoms with Gasteiger partial charge in [0.15, 0.2) is 0 Å². The zero-order valence-electron chi connectivity index (χ0n) is 10.6. The third-order valence-electron chi connectivity index (χ3n) is 3.40. The molecule has 18 heavy (non-hydrogen) atoms. The molecule has 2 atom stereocenters. The van der Waals surface area contributed by atoms with Crippen LogP contribution in [0.1, 0.15) is 31.4 Å². The molecule has 1 aromatic rings. The Kier molecular flexibility index (Phi) is 4.31. The number of carbonyl (C=O) groups excluding carboxylic acids is 1. The predicted octanol–water partition coefficient (Wildman–Crippen LogP) is 2.00. The molecular weight excluding hydrogens is 231 g/mol. The molecule has 1 amide bonds. The SMILES string of the molecule is C[C@H](NC(=O)C1CCCNC1)c1ccc(F)cc1. The zero-order chi connectivity index (χ0) is 13.0. The van der Waals surface area contributed by atoms with Crippen molar-refractivity contribution < 1.29 is 9.18 Å². The van der Waals surface area contributed by atoms with E-state index in [1.54, 1.807) is 12.1 Å². The van der Waals surface area contributed by atoms with E-state index in [9.17, 15) is 9.18 Å². The van der Waals surface area contributed by atoms with E-state index in [0.29, 0.717) is 0 Å². The molecule has 0 saturated carbocycles. The molecule has 0 radical (unpaired) electrons. The van der Waals surface area contributed by atoms with Gasteiger partial charge in [-0.05, 0) is 44.0 Å². The van der Waals surface area contributed by atoms with Crippen molar-refractivity contribution in [2.45, 2.75) is 25.8 Å². The first kappa shape index (κ1) is 13.0. The van der Waals surface area contributed by atoms with Crippen molar-refractivity contribution in [2.75, 3.05) is 13.1 Å². The Hall–Kier alpha value is -1.42. The van der Waals surface area contributed by atoms with Gasteiger partial charge in [-0.3, -0.25) is 4.79 Å². The molecule has 98 valence electrons. The lowest BCUT2D eigenvalue weighted by molar-refractivity contribution is -0.126. The highest BCUT2D eigenvalue weighted by Gasteiger charge is 2.22. The zero-order valence-corrected chi connectivity index (χ0v) is 10.6. The molecule has 0 aliphatic carbocycles. The van der Waals surface area contributed by atoms with Gasteiger partial charge in [0.1, 0.15) is 5.82 Å². The first-order chi connectivity index (χ1) is 8.66. The monoisotopic (exact) mass is 250 g/mol. The minimum atomic E-state index is -0.256. The highest BCUT2D eigenvalue weighted by molar-refractivity contribution is 5.79. The Balaban J connectivity index is 1.91. The van der Waals surface area contributed by atoms with Crippen molar-refractivity contribution in [2.24, 2.45) is 5.92 Å². The third kappa shape index (κ3) is 3.29. The van der Waals surface area contributed by atoms with Crippen LogP contribution in [0.4, 0.5) is 4.39 Å². The molecule has 0 bridgehead atoms. The van der Waals surface area contributed by atoms with Crippen LogP contribution >= 0.6 is 0 Å². The number of hydrogen-bond acceptors (Lipinski definition) is 2. The minimum absolute atomic E-state index is 0.0571. The van der Waals surface area contributed by atoms with E-state index < -0.39 is 0 Å². The Morgan fingerprint density at radius 3 is 2.78 bits per heavy atom. The summed E-state index contributed by atoms with van der Waals surface area (Å²) in [6, 6.07) is 6.17. The van der Waals surface area contributed by atoms with Crippen molar-refractivity contribution in [1.82, 2.24) is 10.6 Å². The molecule has 1 heterocycles. The second-order valence-corrected chi connectivity index (χ2v) is 4.83. The van der Waals surface area contributed by atoms with Crippen LogP contribution < -0.4 is 10.6 Å². The Morgan fingerprint density at radius 1 is 1.44 bits per heavy atom. The molecule has 4 heteroatoms. The molecule has 2 rings (SSSR count). The van der Waals surface area contributed by atoms with Gasteiger partial charge in [-0.2, -0.15) is 0 Å². The fraction of sp³-hybridized carbons (Fsp3) is 0.500. The van der Waals surface area contributed by atoms with E-state index in [0.717, 1.165) is 31.5 Å². The van der Waals surface area contributed by atoms with Gasteiger partial charge in [0, 0.05) is 6.54 Å². The predicted molar refractivity (Wildman–Crippen MR) is 68.6 cm³/mol. The standard InChI is InChI=1S/C14H19FN2O/c1-10(11-4-6-13(15)7-5-11)17-14(18)12-3-2-8-16-9-12/h4-7,10,12,16H,2-3,8-9H2,1H3,(H,17,18)/t10-,12?/m0/s1. The summed E-state index contributed by atoms with van der Waals surface area (Å²) in [5, 5.41) is 6.21. The lowest BCUT2D eigenvalue weighted by Gasteiger charge is -2.24. The van der Waals surface area contributed by atoms with Gasteiger partial charge in [0.25, 0.3) is 0 Å². The smallest absolute Gasteiger partial charge is 0.224 e. The van der Waals surface area contributed by atoms with Gasteiger partial charge in [0.2, 0.25) is 5.91 Å². The molecule has 0 spiro atoms. The minimum Gasteiger partial charge on any atom is -0.349 e. The number of carbonyl (C=O) groups is 1. The molecular formula is C14H19FN2O. The lowest BCUT2D eigenvalue weighted by Crippen LogP contribution is -2.41.